The Bertz CT molecular complexity index is 1100. The maximum Gasteiger partial charge on any atom is 0.329 e. The summed E-state index contributed by atoms with van der Waals surface area (Å²) < 4.78 is 20.3. The van der Waals surface area contributed by atoms with Gasteiger partial charge in [-0.05, 0) is 57.2 Å². The van der Waals surface area contributed by atoms with Crippen molar-refractivity contribution in [3.8, 4) is 11.1 Å². The van der Waals surface area contributed by atoms with Crippen molar-refractivity contribution < 1.29 is 13.9 Å². The number of carbonyl (C=O) groups is 1. The summed E-state index contributed by atoms with van der Waals surface area (Å²) in [5.74, 6) is -0.740. The summed E-state index contributed by atoms with van der Waals surface area (Å²) in [6.45, 7) is 3.58. The zero-order valence-electron chi connectivity index (χ0n) is 16.5. The molecule has 0 amide bonds. The van der Waals surface area contributed by atoms with E-state index < -0.39 is 12.0 Å². The van der Waals surface area contributed by atoms with E-state index >= 15 is 0 Å². The van der Waals surface area contributed by atoms with Crippen molar-refractivity contribution in [2.24, 2.45) is 0 Å². The van der Waals surface area contributed by atoms with E-state index in [1.807, 2.05) is 6.92 Å². The topological polar surface area (TPSA) is 61.2 Å². The second-order valence-corrected chi connectivity index (χ2v) is 8.75. The Balaban J connectivity index is 1.71. The average molecular weight is 415 g/mol. The number of aromatic nitrogens is 2. The highest BCUT2D eigenvalue weighted by atomic mass is 32.1. The standard InChI is InChI=1S/C22H23FN2O3S/c1-13(22(27)28-17-6-4-3-5-7-17)25-12-24-20-19(21(25)26)18(14(2)29-20)15-8-10-16(23)11-9-15/h8-13,17H,3-7H2,1-2H3/t13-/m0/s1. The SMILES string of the molecule is Cc1sc2ncn([C@@H](C)C(=O)OC3CCCCC3)c(=O)c2c1-c1ccc(F)cc1. The number of rotatable bonds is 4. The van der Waals surface area contributed by atoms with E-state index in [1.54, 1.807) is 19.1 Å². The molecule has 0 saturated heterocycles. The Morgan fingerprint density at radius 1 is 1.24 bits per heavy atom. The van der Waals surface area contributed by atoms with Gasteiger partial charge in [0.05, 0.1) is 11.7 Å². The van der Waals surface area contributed by atoms with Crippen molar-refractivity contribution in [3.05, 3.63) is 51.6 Å². The number of aryl methyl sites for hydroxylation is 1. The first-order valence-electron chi connectivity index (χ1n) is 9.92. The third-order valence-corrected chi connectivity index (χ3v) is 6.55. The lowest BCUT2D eigenvalue weighted by molar-refractivity contribution is -0.154. The van der Waals surface area contributed by atoms with Gasteiger partial charge >= 0.3 is 5.97 Å². The molecule has 2 aromatic heterocycles. The lowest BCUT2D eigenvalue weighted by Gasteiger charge is -2.24. The fraction of sp³-hybridized carbons (Fsp3) is 0.409. The number of hydrogen-bond acceptors (Lipinski definition) is 5. The van der Waals surface area contributed by atoms with Gasteiger partial charge in [-0.25, -0.2) is 14.2 Å². The van der Waals surface area contributed by atoms with Crippen LogP contribution in [0.2, 0.25) is 0 Å². The number of nitrogens with zero attached hydrogens (tertiary/aromatic N) is 2. The first-order valence-corrected chi connectivity index (χ1v) is 10.7. The van der Waals surface area contributed by atoms with Crippen molar-refractivity contribution in [2.45, 2.75) is 58.1 Å². The minimum atomic E-state index is -0.761. The molecular weight excluding hydrogens is 391 g/mol. The van der Waals surface area contributed by atoms with Crippen LogP contribution in [0.3, 0.4) is 0 Å². The fourth-order valence-corrected chi connectivity index (χ4v) is 4.92. The molecule has 152 valence electrons. The van der Waals surface area contributed by atoms with E-state index in [-0.39, 0.29) is 17.5 Å². The molecule has 4 rings (SSSR count). The molecule has 7 heteroatoms. The van der Waals surface area contributed by atoms with Crippen molar-refractivity contribution in [3.63, 3.8) is 0 Å². The summed E-state index contributed by atoms with van der Waals surface area (Å²) in [5, 5.41) is 0.457. The molecule has 3 aromatic rings. The Morgan fingerprint density at radius 2 is 1.93 bits per heavy atom. The maximum atomic E-state index is 13.3. The number of carbonyl (C=O) groups excluding carboxylic acids is 1. The summed E-state index contributed by atoms with van der Waals surface area (Å²) in [5.41, 5.74) is 1.21. The lowest BCUT2D eigenvalue weighted by atomic mass is 9.98. The van der Waals surface area contributed by atoms with Crippen molar-refractivity contribution in [1.82, 2.24) is 9.55 Å². The lowest BCUT2D eigenvalue weighted by Crippen LogP contribution is -2.32. The number of ether oxygens (including phenoxy) is 1. The summed E-state index contributed by atoms with van der Waals surface area (Å²) in [4.78, 5) is 31.9. The van der Waals surface area contributed by atoms with E-state index in [0.717, 1.165) is 41.7 Å². The molecule has 0 spiro atoms. The summed E-state index contributed by atoms with van der Waals surface area (Å²) in [6, 6.07) is 5.29. The Labute approximate surface area is 172 Å². The first-order chi connectivity index (χ1) is 14.0. The van der Waals surface area contributed by atoms with Gasteiger partial charge in [0.15, 0.2) is 0 Å². The van der Waals surface area contributed by atoms with Gasteiger partial charge in [0.1, 0.15) is 22.8 Å². The smallest absolute Gasteiger partial charge is 0.329 e. The summed E-state index contributed by atoms with van der Waals surface area (Å²) in [7, 11) is 0. The van der Waals surface area contributed by atoms with E-state index in [4.69, 9.17) is 4.74 Å². The number of fused-ring (bicyclic) bond motifs is 1. The van der Waals surface area contributed by atoms with Gasteiger partial charge in [0, 0.05) is 10.4 Å². The second kappa shape index (κ2) is 8.06. The van der Waals surface area contributed by atoms with Crippen LogP contribution < -0.4 is 5.56 Å². The van der Waals surface area contributed by atoms with Crippen LogP contribution in [-0.4, -0.2) is 21.6 Å². The van der Waals surface area contributed by atoms with Gasteiger partial charge in [-0.15, -0.1) is 11.3 Å². The monoisotopic (exact) mass is 414 g/mol. The second-order valence-electron chi connectivity index (χ2n) is 7.55. The molecule has 0 N–H and O–H groups in total. The number of benzene rings is 1. The zero-order chi connectivity index (χ0) is 20.5. The van der Waals surface area contributed by atoms with Crippen LogP contribution in [0.1, 0.15) is 49.9 Å². The highest BCUT2D eigenvalue weighted by Gasteiger charge is 2.25. The fourth-order valence-electron chi connectivity index (χ4n) is 3.91. The van der Waals surface area contributed by atoms with Crippen molar-refractivity contribution >= 4 is 27.5 Å². The molecular formula is C22H23FN2O3S. The Morgan fingerprint density at radius 3 is 2.62 bits per heavy atom. The molecule has 1 fully saturated rings. The van der Waals surface area contributed by atoms with Crippen LogP contribution in [0, 0.1) is 12.7 Å². The highest BCUT2D eigenvalue weighted by molar-refractivity contribution is 7.19. The highest BCUT2D eigenvalue weighted by Crippen LogP contribution is 2.35. The van der Waals surface area contributed by atoms with Gasteiger partial charge in [-0.2, -0.15) is 0 Å². The molecule has 1 atom stereocenters. The molecule has 1 aliphatic carbocycles. The van der Waals surface area contributed by atoms with Gasteiger partial charge in [-0.1, -0.05) is 18.6 Å². The molecule has 1 saturated carbocycles. The molecule has 29 heavy (non-hydrogen) atoms. The van der Waals surface area contributed by atoms with E-state index in [1.165, 1.54) is 40.8 Å². The summed E-state index contributed by atoms with van der Waals surface area (Å²) in [6.07, 6.45) is 6.41. The van der Waals surface area contributed by atoms with Crippen molar-refractivity contribution in [2.75, 3.05) is 0 Å². The summed E-state index contributed by atoms with van der Waals surface area (Å²) >= 11 is 1.41. The zero-order valence-corrected chi connectivity index (χ0v) is 17.3. The van der Waals surface area contributed by atoms with Crippen LogP contribution in [0.15, 0.2) is 35.4 Å². The number of thiophene rings is 1. The molecule has 2 heterocycles. The first kappa shape index (κ1) is 19.8. The van der Waals surface area contributed by atoms with Crippen LogP contribution in [-0.2, 0) is 9.53 Å². The van der Waals surface area contributed by atoms with E-state index in [0.29, 0.717) is 10.2 Å². The largest absolute Gasteiger partial charge is 0.461 e. The minimum Gasteiger partial charge on any atom is -0.461 e. The molecule has 0 bridgehead atoms. The molecule has 5 nitrogen and oxygen atoms in total. The van der Waals surface area contributed by atoms with E-state index in [9.17, 15) is 14.0 Å². The number of halogens is 1. The molecule has 1 aromatic carbocycles. The average Bonchev–Trinajstić information content (AvgIpc) is 3.06. The predicted molar refractivity (Wildman–Crippen MR) is 112 cm³/mol. The molecule has 0 aliphatic heterocycles. The van der Waals surface area contributed by atoms with Crippen LogP contribution in [0.4, 0.5) is 4.39 Å². The normalized spacial score (nSPS) is 16.1. The van der Waals surface area contributed by atoms with Gasteiger partial charge in [0.25, 0.3) is 5.56 Å². The third kappa shape index (κ3) is 3.83. The van der Waals surface area contributed by atoms with Crippen LogP contribution in [0.25, 0.3) is 21.3 Å². The van der Waals surface area contributed by atoms with Crippen LogP contribution in [0.5, 0.6) is 0 Å². The third-order valence-electron chi connectivity index (χ3n) is 5.54. The Kier molecular flexibility index (Phi) is 5.50. The predicted octanol–water partition coefficient (Wildman–Crippen LogP) is 5.01. The van der Waals surface area contributed by atoms with Gasteiger partial charge < -0.3 is 4.74 Å². The van der Waals surface area contributed by atoms with E-state index in [2.05, 4.69) is 4.98 Å². The maximum absolute atomic E-state index is 13.3. The quantitative estimate of drug-likeness (QED) is 0.563. The number of hydrogen-bond donors (Lipinski definition) is 0. The molecule has 0 unspecified atom stereocenters. The minimum absolute atomic E-state index is 0.0655. The molecule has 1 aliphatic rings. The molecule has 0 radical (unpaired) electrons. The van der Waals surface area contributed by atoms with Crippen LogP contribution >= 0.6 is 11.3 Å². The van der Waals surface area contributed by atoms with Gasteiger partial charge in [0.2, 0.25) is 0 Å². The van der Waals surface area contributed by atoms with Gasteiger partial charge in [-0.3, -0.25) is 9.36 Å². The van der Waals surface area contributed by atoms with Crippen molar-refractivity contribution in [1.29, 1.82) is 0 Å². The number of esters is 1. The Hall–Kier alpha value is -2.54.